The number of Topliss-reactive ketones (excluding diaryl/α,β-unsaturated/α-hetero) is 1. The smallest absolute Gasteiger partial charge is 0.233 e. The van der Waals surface area contributed by atoms with Crippen molar-refractivity contribution in [2.45, 2.75) is 11.8 Å². The first kappa shape index (κ1) is 22.5. The second kappa shape index (κ2) is 9.24. The molecule has 1 aromatic heterocycles. The Morgan fingerprint density at radius 3 is 2.11 bits per heavy atom. The van der Waals surface area contributed by atoms with Gasteiger partial charge >= 0.3 is 0 Å². The van der Waals surface area contributed by atoms with Gasteiger partial charge < -0.3 is 11.1 Å². The van der Waals surface area contributed by atoms with E-state index < -0.39 is 11.8 Å². The molecule has 5 aromatic rings. The first-order valence-electron chi connectivity index (χ1n) is 12.1. The third-order valence-corrected chi connectivity index (χ3v) is 6.83. The summed E-state index contributed by atoms with van der Waals surface area (Å²) in [7, 11) is 0. The van der Waals surface area contributed by atoms with Crippen LogP contribution in [0.15, 0.2) is 115 Å². The molecule has 2 unspecified atom stereocenters. The number of benzene rings is 4. The van der Waals surface area contributed by atoms with E-state index in [0.717, 1.165) is 16.8 Å². The largest absolute Gasteiger partial charge is 0.383 e. The van der Waals surface area contributed by atoms with Crippen molar-refractivity contribution in [3.8, 4) is 16.9 Å². The summed E-state index contributed by atoms with van der Waals surface area (Å²) >= 11 is 0. The molecule has 0 saturated heterocycles. The molecule has 37 heavy (non-hydrogen) atoms. The lowest BCUT2D eigenvalue weighted by atomic mass is 9.76. The predicted octanol–water partition coefficient (Wildman–Crippen LogP) is 5.82. The Morgan fingerprint density at radius 2 is 1.41 bits per heavy atom. The minimum Gasteiger partial charge on any atom is -0.383 e. The molecule has 1 aliphatic rings. The average molecular weight is 485 g/mol. The molecule has 3 N–H and O–H groups in total. The van der Waals surface area contributed by atoms with Crippen molar-refractivity contribution in [2.75, 3.05) is 11.1 Å². The Labute approximate surface area is 214 Å². The Kier molecular flexibility index (Phi) is 5.62. The molecule has 1 aliphatic heterocycles. The number of anilines is 2. The lowest BCUT2D eigenvalue weighted by Crippen LogP contribution is -2.27. The summed E-state index contributed by atoms with van der Waals surface area (Å²) in [5, 5.41) is 7.87. The maximum Gasteiger partial charge on any atom is 0.233 e. The minimum atomic E-state index is -0.890. The van der Waals surface area contributed by atoms with Crippen LogP contribution in [0.1, 0.15) is 33.3 Å². The molecular formula is C31H24N4O2. The average Bonchev–Trinajstić information content (AvgIpc) is 3.47. The summed E-state index contributed by atoms with van der Waals surface area (Å²) in [4.78, 5) is 27.8. The molecule has 0 bridgehead atoms. The van der Waals surface area contributed by atoms with Crippen molar-refractivity contribution >= 4 is 23.2 Å². The SMILES string of the molecule is Nc1c(C(C(=O)c2ccccc2)C2C(=O)Nc3ccccc32)c(-c2ccccc2)nn1-c1ccccc1. The Hall–Kier alpha value is -4.97. The summed E-state index contributed by atoms with van der Waals surface area (Å²) in [6.45, 7) is 0. The van der Waals surface area contributed by atoms with Crippen LogP contribution >= 0.6 is 0 Å². The second-order valence-corrected chi connectivity index (χ2v) is 9.02. The summed E-state index contributed by atoms with van der Waals surface area (Å²) in [5.74, 6) is -1.74. The molecule has 6 rings (SSSR count). The van der Waals surface area contributed by atoms with Crippen LogP contribution in [-0.2, 0) is 4.79 Å². The van der Waals surface area contributed by atoms with Crippen LogP contribution in [0.5, 0.6) is 0 Å². The van der Waals surface area contributed by atoms with Crippen molar-refractivity contribution in [2.24, 2.45) is 0 Å². The van der Waals surface area contributed by atoms with Gasteiger partial charge in [-0.05, 0) is 23.8 Å². The molecule has 180 valence electrons. The number of carbonyl (C=O) groups excluding carboxylic acids is 2. The number of carbonyl (C=O) groups is 2. The Bertz CT molecular complexity index is 1590. The van der Waals surface area contributed by atoms with Gasteiger partial charge in [0.15, 0.2) is 5.78 Å². The zero-order valence-electron chi connectivity index (χ0n) is 19.9. The van der Waals surface area contributed by atoms with Crippen LogP contribution in [0.3, 0.4) is 0 Å². The van der Waals surface area contributed by atoms with E-state index in [1.165, 1.54) is 0 Å². The monoisotopic (exact) mass is 484 g/mol. The van der Waals surface area contributed by atoms with Crippen LogP contribution in [0.25, 0.3) is 16.9 Å². The number of hydrogen-bond acceptors (Lipinski definition) is 4. The van der Waals surface area contributed by atoms with Crippen molar-refractivity contribution in [1.29, 1.82) is 0 Å². The number of nitrogens with zero attached hydrogens (tertiary/aromatic N) is 2. The third-order valence-electron chi connectivity index (χ3n) is 6.83. The topological polar surface area (TPSA) is 90.0 Å². The van der Waals surface area contributed by atoms with Gasteiger partial charge in [-0.2, -0.15) is 5.10 Å². The number of ketones is 1. The van der Waals surface area contributed by atoms with E-state index in [-0.39, 0.29) is 11.7 Å². The van der Waals surface area contributed by atoms with E-state index in [4.69, 9.17) is 10.8 Å². The van der Waals surface area contributed by atoms with Gasteiger partial charge in [-0.15, -0.1) is 0 Å². The highest BCUT2D eigenvalue weighted by molar-refractivity contribution is 6.12. The maximum atomic E-state index is 14.3. The van der Waals surface area contributed by atoms with E-state index in [2.05, 4.69) is 5.32 Å². The fraction of sp³-hybridized carbons (Fsp3) is 0.0645. The zero-order valence-corrected chi connectivity index (χ0v) is 19.9. The number of aromatic nitrogens is 2. The zero-order chi connectivity index (χ0) is 25.4. The summed E-state index contributed by atoms with van der Waals surface area (Å²) in [6, 6.07) is 35.7. The van der Waals surface area contributed by atoms with E-state index in [9.17, 15) is 9.59 Å². The lowest BCUT2D eigenvalue weighted by molar-refractivity contribution is -0.117. The van der Waals surface area contributed by atoms with Gasteiger partial charge in [-0.1, -0.05) is 97.1 Å². The fourth-order valence-corrected chi connectivity index (χ4v) is 5.12. The number of nitrogens with two attached hydrogens (primary N) is 1. The molecule has 0 fully saturated rings. The quantitative estimate of drug-likeness (QED) is 0.297. The molecule has 2 heterocycles. The van der Waals surface area contributed by atoms with Gasteiger partial charge in [0.25, 0.3) is 0 Å². The molecule has 0 spiro atoms. The van der Waals surface area contributed by atoms with Crippen LogP contribution in [0.4, 0.5) is 11.5 Å². The molecule has 2 atom stereocenters. The number of fused-ring (bicyclic) bond motifs is 1. The number of amides is 1. The number of nitrogen functional groups attached to an aromatic ring is 1. The maximum absolute atomic E-state index is 14.3. The van der Waals surface area contributed by atoms with Crippen LogP contribution < -0.4 is 11.1 Å². The number of hydrogen-bond donors (Lipinski definition) is 2. The molecule has 6 heteroatoms. The van der Waals surface area contributed by atoms with Gasteiger partial charge in [0.1, 0.15) is 5.82 Å². The number of rotatable bonds is 6. The van der Waals surface area contributed by atoms with Gasteiger partial charge in [-0.25, -0.2) is 4.68 Å². The molecule has 1 amide bonds. The van der Waals surface area contributed by atoms with E-state index in [0.29, 0.717) is 28.3 Å². The fourth-order valence-electron chi connectivity index (χ4n) is 5.12. The molecule has 4 aromatic carbocycles. The highest BCUT2D eigenvalue weighted by atomic mass is 16.2. The van der Waals surface area contributed by atoms with Gasteiger partial charge in [0, 0.05) is 22.4 Å². The van der Waals surface area contributed by atoms with E-state index in [1.54, 1.807) is 16.8 Å². The Balaban J connectivity index is 1.64. The normalized spacial score (nSPS) is 15.1. The summed E-state index contributed by atoms with van der Waals surface area (Å²) < 4.78 is 1.65. The number of nitrogens with one attached hydrogen (secondary N) is 1. The van der Waals surface area contributed by atoms with E-state index >= 15 is 0 Å². The van der Waals surface area contributed by atoms with E-state index in [1.807, 2.05) is 103 Å². The standard InChI is InChI=1S/C31H24N4O2/c32-30-27(28(20-12-4-1-5-13-20)34-35(30)22-16-8-3-9-17-22)26(29(36)21-14-6-2-7-15-21)25-23-18-10-11-19-24(23)33-31(25)37/h1-19,25-26H,32H2,(H,33,37). The van der Waals surface area contributed by atoms with Gasteiger partial charge in [-0.3, -0.25) is 9.59 Å². The van der Waals surface area contributed by atoms with Crippen molar-refractivity contribution in [3.63, 3.8) is 0 Å². The molecular weight excluding hydrogens is 460 g/mol. The van der Waals surface area contributed by atoms with Gasteiger partial charge in [0.05, 0.1) is 23.2 Å². The Morgan fingerprint density at radius 1 is 0.811 bits per heavy atom. The molecule has 0 radical (unpaired) electrons. The molecule has 0 aliphatic carbocycles. The summed E-state index contributed by atoms with van der Waals surface area (Å²) in [5.41, 5.74) is 11.5. The third kappa shape index (κ3) is 3.89. The van der Waals surface area contributed by atoms with Gasteiger partial charge in [0.2, 0.25) is 5.91 Å². The minimum absolute atomic E-state index is 0.186. The lowest BCUT2D eigenvalue weighted by Gasteiger charge is -2.23. The summed E-state index contributed by atoms with van der Waals surface area (Å²) in [6.07, 6.45) is 0. The van der Waals surface area contributed by atoms with Crippen molar-refractivity contribution < 1.29 is 9.59 Å². The highest BCUT2D eigenvalue weighted by Crippen LogP contribution is 2.47. The van der Waals surface area contributed by atoms with Crippen LogP contribution in [0.2, 0.25) is 0 Å². The van der Waals surface area contributed by atoms with Crippen LogP contribution in [0, 0.1) is 0 Å². The van der Waals surface area contributed by atoms with Crippen LogP contribution in [-0.4, -0.2) is 21.5 Å². The first-order chi connectivity index (χ1) is 18.1. The first-order valence-corrected chi connectivity index (χ1v) is 12.1. The predicted molar refractivity (Wildman–Crippen MR) is 145 cm³/mol. The van der Waals surface area contributed by atoms with Crippen molar-refractivity contribution in [1.82, 2.24) is 9.78 Å². The highest BCUT2D eigenvalue weighted by Gasteiger charge is 2.44. The molecule has 6 nitrogen and oxygen atoms in total. The van der Waals surface area contributed by atoms with Crippen molar-refractivity contribution in [3.05, 3.63) is 132 Å². The second-order valence-electron chi connectivity index (χ2n) is 9.02. The molecule has 0 saturated carbocycles. The number of para-hydroxylation sites is 2.